The second-order valence-electron chi connectivity index (χ2n) is 8.21. The highest BCUT2D eigenvalue weighted by atomic mass is 79.9. The van der Waals surface area contributed by atoms with Crippen molar-refractivity contribution in [2.75, 3.05) is 16.8 Å². The smallest absolute Gasteiger partial charge is 0.335 e. The molecule has 0 bridgehead atoms. The standard InChI is InChI=1S/C27H21Br2N3O5/c1-15-4-3-5-22(16(15)2)30-24(33)14-37-23-11-6-17(13-21(23)29)12-20-25(34)31-27(36)32(26(20)35)19-9-7-18(28)8-10-19/h3-13H,14H2,1-2H3,(H,30,33)(H,31,34,36)/b20-12+. The fourth-order valence-electron chi connectivity index (χ4n) is 3.59. The van der Waals surface area contributed by atoms with Gasteiger partial charge in [-0.05, 0) is 95.0 Å². The molecule has 8 nitrogen and oxygen atoms in total. The van der Waals surface area contributed by atoms with Crippen molar-refractivity contribution in [2.45, 2.75) is 13.8 Å². The van der Waals surface area contributed by atoms with Crippen molar-refractivity contribution in [1.82, 2.24) is 5.32 Å². The van der Waals surface area contributed by atoms with E-state index in [9.17, 15) is 19.2 Å². The van der Waals surface area contributed by atoms with E-state index in [4.69, 9.17) is 4.74 Å². The van der Waals surface area contributed by atoms with Crippen LogP contribution in [0.4, 0.5) is 16.2 Å². The van der Waals surface area contributed by atoms with E-state index in [1.165, 1.54) is 6.08 Å². The number of urea groups is 1. The summed E-state index contributed by atoms with van der Waals surface area (Å²) in [5, 5.41) is 5.03. The normalized spacial score (nSPS) is 14.5. The first-order valence-corrected chi connectivity index (χ1v) is 12.7. The molecule has 10 heteroatoms. The van der Waals surface area contributed by atoms with Gasteiger partial charge in [0.05, 0.1) is 10.2 Å². The number of carbonyl (C=O) groups excluding carboxylic acids is 4. The van der Waals surface area contributed by atoms with Gasteiger partial charge in [-0.2, -0.15) is 0 Å². The lowest BCUT2D eigenvalue weighted by Gasteiger charge is -2.26. The number of hydrogen-bond acceptors (Lipinski definition) is 5. The Labute approximate surface area is 229 Å². The van der Waals surface area contributed by atoms with Crippen LogP contribution in [-0.2, 0) is 14.4 Å². The monoisotopic (exact) mass is 625 g/mol. The third kappa shape index (κ3) is 5.98. The summed E-state index contributed by atoms with van der Waals surface area (Å²) in [5.41, 5.74) is 3.42. The molecule has 0 unspecified atom stereocenters. The molecule has 188 valence electrons. The van der Waals surface area contributed by atoms with E-state index in [1.807, 2.05) is 32.0 Å². The van der Waals surface area contributed by atoms with Crippen LogP contribution < -0.4 is 20.3 Å². The number of hydrogen-bond donors (Lipinski definition) is 2. The number of ether oxygens (including phenoxy) is 1. The summed E-state index contributed by atoms with van der Waals surface area (Å²) < 4.78 is 6.94. The van der Waals surface area contributed by atoms with Crippen molar-refractivity contribution >= 4 is 73.1 Å². The van der Waals surface area contributed by atoms with Crippen LogP contribution in [0.25, 0.3) is 6.08 Å². The molecule has 0 atom stereocenters. The molecule has 4 rings (SSSR count). The molecule has 1 heterocycles. The van der Waals surface area contributed by atoms with Crippen LogP contribution in [0.1, 0.15) is 16.7 Å². The Balaban J connectivity index is 1.47. The van der Waals surface area contributed by atoms with Crippen molar-refractivity contribution in [3.63, 3.8) is 0 Å². The molecular formula is C27H21Br2N3O5. The number of carbonyl (C=O) groups is 4. The molecule has 3 aromatic carbocycles. The van der Waals surface area contributed by atoms with Gasteiger partial charge in [-0.3, -0.25) is 19.7 Å². The molecule has 1 saturated heterocycles. The van der Waals surface area contributed by atoms with Crippen LogP contribution >= 0.6 is 31.9 Å². The van der Waals surface area contributed by atoms with Crippen LogP contribution in [0, 0.1) is 13.8 Å². The summed E-state index contributed by atoms with van der Waals surface area (Å²) in [5.74, 6) is -1.43. The average Bonchev–Trinajstić information content (AvgIpc) is 2.85. The zero-order valence-electron chi connectivity index (χ0n) is 19.8. The van der Waals surface area contributed by atoms with Gasteiger partial charge in [-0.15, -0.1) is 0 Å². The molecule has 5 amide bonds. The van der Waals surface area contributed by atoms with Crippen LogP contribution in [0.2, 0.25) is 0 Å². The molecule has 37 heavy (non-hydrogen) atoms. The van der Waals surface area contributed by atoms with Gasteiger partial charge in [0.15, 0.2) is 6.61 Å². The number of anilines is 2. The molecule has 0 aromatic heterocycles. The van der Waals surface area contributed by atoms with Gasteiger partial charge in [0, 0.05) is 10.2 Å². The number of nitrogens with one attached hydrogen (secondary N) is 2. The Kier molecular flexibility index (Phi) is 7.89. The first-order valence-electron chi connectivity index (χ1n) is 11.1. The van der Waals surface area contributed by atoms with E-state index in [2.05, 4.69) is 42.5 Å². The number of nitrogens with zero attached hydrogens (tertiary/aromatic N) is 1. The zero-order chi connectivity index (χ0) is 26.7. The van der Waals surface area contributed by atoms with Crippen molar-refractivity contribution < 1.29 is 23.9 Å². The molecule has 0 spiro atoms. The van der Waals surface area contributed by atoms with E-state index in [0.717, 1.165) is 26.2 Å². The lowest BCUT2D eigenvalue weighted by molar-refractivity contribution is -0.122. The van der Waals surface area contributed by atoms with Gasteiger partial charge < -0.3 is 10.1 Å². The summed E-state index contributed by atoms with van der Waals surface area (Å²) in [6.07, 6.45) is 1.39. The van der Waals surface area contributed by atoms with Crippen molar-refractivity contribution in [1.29, 1.82) is 0 Å². The van der Waals surface area contributed by atoms with Crippen LogP contribution in [0.15, 0.2) is 75.2 Å². The maximum absolute atomic E-state index is 13.0. The molecule has 2 N–H and O–H groups in total. The fourth-order valence-corrected chi connectivity index (χ4v) is 4.36. The van der Waals surface area contributed by atoms with Gasteiger partial charge >= 0.3 is 6.03 Å². The highest BCUT2D eigenvalue weighted by Crippen LogP contribution is 2.29. The predicted octanol–water partition coefficient (Wildman–Crippen LogP) is 5.51. The van der Waals surface area contributed by atoms with E-state index in [1.54, 1.807) is 42.5 Å². The highest BCUT2D eigenvalue weighted by molar-refractivity contribution is 9.10. The third-order valence-corrected chi connectivity index (χ3v) is 6.84. The Hall–Kier alpha value is -3.76. The number of halogens is 2. The lowest BCUT2D eigenvalue weighted by atomic mass is 10.1. The van der Waals surface area contributed by atoms with Crippen molar-refractivity contribution in [3.8, 4) is 5.75 Å². The first kappa shape index (κ1) is 26.3. The molecule has 1 aliphatic rings. The molecule has 0 radical (unpaired) electrons. The van der Waals surface area contributed by atoms with E-state index < -0.39 is 17.8 Å². The minimum atomic E-state index is -0.821. The Morgan fingerprint density at radius 1 is 1.03 bits per heavy atom. The fraction of sp³-hybridized carbons (Fsp3) is 0.111. The van der Waals surface area contributed by atoms with E-state index in [0.29, 0.717) is 21.5 Å². The van der Waals surface area contributed by atoms with Crippen molar-refractivity contribution in [2.24, 2.45) is 0 Å². The van der Waals surface area contributed by atoms with Crippen LogP contribution in [-0.4, -0.2) is 30.4 Å². The van der Waals surface area contributed by atoms with Gasteiger partial charge in [-0.1, -0.05) is 34.1 Å². The maximum atomic E-state index is 13.0. The van der Waals surface area contributed by atoms with Gasteiger partial charge in [0.1, 0.15) is 11.3 Å². The number of aryl methyl sites for hydroxylation is 1. The Morgan fingerprint density at radius 2 is 1.76 bits per heavy atom. The summed E-state index contributed by atoms with van der Waals surface area (Å²) >= 11 is 6.72. The van der Waals surface area contributed by atoms with Crippen LogP contribution in [0.3, 0.4) is 0 Å². The summed E-state index contributed by atoms with van der Waals surface area (Å²) in [7, 11) is 0. The molecule has 3 aromatic rings. The SMILES string of the molecule is Cc1cccc(NC(=O)COc2ccc(/C=C3\C(=O)NC(=O)N(c4ccc(Br)cc4)C3=O)cc2Br)c1C. The molecule has 0 saturated carbocycles. The second kappa shape index (κ2) is 11.1. The summed E-state index contributed by atoms with van der Waals surface area (Å²) in [6, 6.07) is 16.3. The Bertz CT molecular complexity index is 1450. The number of rotatable bonds is 6. The van der Waals surface area contributed by atoms with Crippen LogP contribution in [0.5, 0.6) is 5.75 Å². The topological polar surface area (TPSA) is 105 Å². The quantitative estimate of drug-likeness (QED) is 0.277. The Morgan fingerprint density at radius 3 is 2.46 bits per heavy atom. The average molecular weight is 627 g/mol. The second-order valence-corrected chi connectivity index (χ2v) is 9.98. The van der Waals surface area contributed by atoms with E-state index >= 15 is 0 Å². The van der Waals surface area contributed by atoms with Crippen molar-refractivity contribution in [3.05, 3.63) is 91.9 Å². The van der Waals surface area contributed by atoms with Gasteiger partial charge in [0.25, 0.3) is 17.7 Å². The number of amides is 5. The largest absolute Gasteiger partial charge is 0.483 e. The third-order valence-electron chi connectivity index (χ3n) is 5.69. The van der Waals surface area contributed by atoms with Gasteiger partial charge in [-0.25, -0.2) is 9.69 Å². The molecule has 1 fully saturated rings. The summed E-state index contributed by atoms with van der Waals surface area (Å²) in [4.78, 5) is 51.1. The molecule has 0 aliphatic carbocycles. The minimum absolute atomic E-state index is 0.198. The van der Waals surface area contributed by atoms with E-state index in [-0.39, 0.29) is 18.1 Å². The number of imide groups is 2. The minimum Gasteiger partial charge on any atom is -0.483 e. The van der Waals surface area contributed by atoms with Gasteiger partial charge in [0.2, 0.25) is 0 Å². The zero-order valence-corrected chi connectivity index (χ0v) is 23.0. The highest BCUT2D eigenvalue weighted by Gasteiger charge is 2.36. The number of barbiturate groups is 1. The predicted molar refractivity (Wildman–Crippen MR) is 147 cm³/mol. The lowest BCUT2D eigenvalue weighted by Crippen LogP contribution is -2.54. The summed E-state index contributed by atoms with van der Waals surface area (Å²) in [6.45, 7) is 3.69. The molecule has 1 aliphatic heterocycles. The first-order chi connectivity index (χ1) is 17.6. The molecular weight excluding hydrogens is 606 g/mol. The number of benzene rings is 3. The maximum Gasteiger partial charge on any atom is 0.335 e.